The lowest BCUT2D eigenvalue weighted by atomic mass is 10.0. The molecule has 0 radical (unpaired) electrons. The lowest BCUT2D eigenvalue weighted by molar-refractivity contribution is -0.144. The minimum atomic E-state index is -4.90. The molecule has 0 spiro atoms. The van der Waals surface area contributed by atoms with Crippen LogP contribution in [0.1, 0.15) is 11.3 Å². The van der Waals surface area contributed by atoms with Gasteiger partial charge in [-0.1, -0.05) is 16.8 Å². The summed E-state index contributed by atoms with van der Waals surface area (Å²) >= 11 is 0. The zero-order valence-corrected chi connectivity index (χ0v) is 19.8. The predicted octanol–water partition coefficient (Wildman–Crippen LogP) is 2.25. The number of aromatic nitrogens is 3. The summed E-state index contributed by atoms with van der Waals surface area (Å²) in [6.07, 6.45) is -4.90. The number of hydrogen-bond acceptors (Lipinski definition) is 7. The molecular weight excluding hydrogens is 513 g/mol. The number of aryl methyl sites for hydroxylation is 1. The first kappa shape index (κ1) is 26.2. The molecule has 0 bridgehead atoms. The van der Waals surface area contributed by atoms with Crippen molar-refractivity contribution in [2.24, 2.45) is 7.05 Å². The van der Waals surface area contributed by atoms with Crippen LogP contribution >= 0.6 is 0 Å². The Balaban J connectivity index is 1.78. The maximum Gasteiger partial charge on any atom is 0.431 e. The molecule has 198 valence electrons. The van der Waals surface area contributed by atoms with Gasteiger partial charge in [-0.05, 0) is 37.3 Å². The van der Waals surface area contributed by atoms with Crippen molar-refractivity contribution in [3.8, 4) is 22.7 Å². The van der Waals surface area contributed by atoms with Crippen LogP contribution in [0, 0.1) is 6.92 Å². The number of carbonyl (C=O) groups excluding carboxylic acids is 1. The van der Waals surface area contributed by atoms with Crippen LogP contribution in [0.5, 0.6) is 5.75 Å². The van der Waals surface area contributed by atoms with Crippen LogP contribution in [0.4, 0.5) is 13.2 Å². The lowest BCUT2D eigenvalue weighted by Crippen LogP contribution is -2.40. The molecule has 4 aromatic rings. The Morgan fingerprint density at radius 1 is 1.13 bits per heavy atom. The van der Waals surface area contributed by atoms with Crippen molar-refractivity contribution in [1.29, 1.82) is 0 Å². The van der Waals surface area contributed by atoms with Gasteiger partial charge >= 0.3 is 17.8 Å². The second-order valence-corrected chi connectivity index (χ2v) is 8.21. The van der Waals surface area contributed by atoms with Gasteiger partial charge in [-0.15, -0.1) is 0 Å². The van der Waals surface area contributed by atoms with Crippen molar-refractivity contribution in [2.75, 3.05) is 13.2 Å². The summed E-state index contributed by atoms with van der Waals surface area (Å²) in [5, 5.41) is 15.2. The Labute approximate surface area is 210 Å². The number of benzene rings is 2. The summed E-state index contributed by atoms with van der Waals surface area (Å²) in [5.74, 6) is -1.70. The first-order chi connectivity index (χ1) is 17.9. The van der Waals surface area contributed by atoms with Gasteiger partial charge in [-0.3, -0.25) is 19.0 Å². The Morgan fingerprint density at radius 2 is 1.87 bits per heavy atom. The van der Waals surface area contributed by atoms with Gasteiger partial charge in [0.15, 0.2) is 12.2 Å². The number of nitrogens with one attached hydrogen (secondary N) is 1. The minimum Gasteiger partial charge on any atom is -0.483 e. The van der Waals surface area contributed by atoms with Crippen LogP contribution in [0.25, 0.3) is 27.9 Å². The SMILES string of the molecule is Cc1ccc(OCC(=O)NCC(=O)O)c(-c2noc3ccc(-n4c(=O)cc(C(F)(F)F)n(C)c4=O)cc23)c1. The number of aliphatic carboxylic acids is 1. The minimum absolute atomic E-state index is 0.0237. The molecule has 0 aliphatic carbocycles. The third kappa shape index (κ3) is 5.14. The van der Waals surface area contributed by atoms with Crippen LogP contribution in [-0.2, 0) is 22.8 Å². The summed E-state index contributed by atoms with van der Waals surface area (Å²) in [6, 6.07) is 9.37. The van der Waals surface area contributed by atoms with Gasteiger partial charge < -0.3 is 19.7 Å². The molecule has 0 saturated carbocycles. The smallest absolute Gasteiger partial charge is 0.431 e. The molecule has 0 fully saturated rings. The molecule has 0 aliphatic heterocycles. The van der Waals surface area contributed by atoms with Crippen LogP contribution < -0.4 is 21.3 Å². The predicted molar refractivity (Wildman–Crippen MR) is 126 cm³/mol. The van der Waals surface area contributed by atoms with Crippen LogP contribution in [0.15, 0.2) is 56.6 Å². The summed E-state index contributed by atoms with van der Waals surface area (Å²) in [4.78, 5) is 47.8. The highest BCUT2D eigenvalue weighted by Gasteiger charge is 2.35. The van der Waals surface area contributed by atoms with Crippen LogP contribution in [0.2, 0.25) is 0 Å². The van der Waals surface area contributed by atoms with E-state index in [1.54, 1.807) is 25.1 Å². The summed E-state index contributed by atoms with van der Waals surface area (Å²) in [7, 11) is 0.910. The van der Waals surface area contributed by atoms with E-state index in [-0.39, 0.29) is 22.7 Å². The molecule has 0 saturated heterocycles. The average Bonchev–Trinajstić information content (AvgIpc) is 3.26. The Bertz CT molecular complexity index is 1690. The van der Waals surface area contributed by atoms with Crippen molar-refractivity contribution in [1.82, 2.24) is 19.6 Å². The van der Waals surface area contributed by atoms with Crippen molar-refractivity contribution >= 4 is 22.8 Å². The van der Waals surface area contributed by atoms with Gasteiger partial charge in [-0.25, -0.2) is 9.36 Å². The van der Waals surface area contributed by atoms with Crippen molar-refractivity contribution in [3.63, 3.8) is 0 Å². The van der Waals surface area contributed by atoms with Crippen LogP contribution in [-0.4, -0.2) is 44.4 Å². The highest BCUT2D eigenvalue weighted by atomic mass is 19.4. The molecule has 14 heteroatoms. The molecule has 0 aliphatic rings. The summed E-state index contributed by atoms with van der Waals surface area (Å²) < 4.78 is 51.5. The number of fused-ring (bicyclic) bond motifs is 1. The van der Waals surface area contributed by atoms with Gasteiger partial charge in [0.1, 0.15) is 23.7 Å². The largest absolute Gasteiger partial charge is 0.483 e. The fourth-order valence-electron chi connectivity index (χ4n) is 3.72. The first-order valence-corrected chi connectivity index (χ1v) is 10.9. The van der Waals surface area contributed by atoms with Gasteiger partial charge in [0.25, 0.3) is 11.5 Å². The number of amides is 1. The summed E-state index contributed by atoms with van der Waals surface area (Å²) in [5.41, 5.74) is -2.18. The number of carboxylic acid groups (broad SMARTS) is 1. The fourth-order valence-corrected chi connectivity index (χ4v) is 3.72. The van der Waals surface area contributed by atoms with Crippen molar-refractivity contribution in [3.05, 3.63) is 74.6 Å². The van der Waals surface area contributed by atoms with Crippen LogP contribution in [0.3, 0.4) is 0 Å². The maximum absolute atomic E-state index is 13.2. The maximum atomic E-state index is 13.2. The topological polar surface area (TPSA) is 146 Å². The number of alkyl halides is 3. The van der Waals surface area contributed by atoms with Crippen molar-refractivity contribution in [2.45, 2.75) is 13.1 Å². The number of ether oxygens (including phenoxy) is 1. The van der Waals surface area contributed by atoms with Gasteiger partial charge in [0, 0.05) is 18.7 Å². The van der Waals surface area contributed by atoms with E-state index in [0.717, 1.165) is 12.6 Å². The van der Waals surface area contributed by atoms with E-state index in [4.69, 9.17) is 14.4 Å². The van der Waals surface area contributed by atoms with E-state index in [0.29, 0.717) is 26.2 Å². The third-order valence-electron chi connectivity index (χ3n) is 5.51. The first-order valence-electron chi connectivity index (χ1n) is 10.9. The molecule has 11 nitrogen and oxygen atoms in total. The third-order valence-corrected chi connectivity index (χ3v) is 5.51. The highest BCUT2D eigenvalue weighted by molar-refractivity contribution is 5.94. The quantitative estimate of drug-likeness (QED) is 0.369. The lowest BCUT2D eigenvalue weighted by Gasteiger charge is -2.14. The molecular formula is C24H19F3N4O7. The molecule has 0 unspecified atom stereocenters. The molecule has 2 aromatic carbocycles. The number of carbonyl (C=O) groups is 2. The highest BCUT2D eigenvalue weighted by Crippen LogP contribution is 2.36. The van der Waals surface area contributed by atoms with E-state index in [9.17, 15) is 32.3 Å². The Kier molecular flexibility index (Phi) is 6.81. The normalized spacial score (nSPS) is 11.5. The molecule has 1 amide bonds. The van der Waals surface area contributed by atoms with E-state index < -0.39 is 48.1 Å². The van der Waals surface area contributed by atoms with E-state index in [1.165, 1.54) is 18.2 Å². The van der Waals surface area contributed by atoms with Gasteiger partial charge in [0.2, 0.25) is 0 Å². The molecule has 38 heavy (non-hydrogen) atoms. The Hall–Kier alpha value is -4.88. The van der Waals surface area contributed by atoms with E-state index >= 15 is 0 Å². The average molecular weight is 532 g/mol. The Morgan fingerprint density at radius 3 is 2.55 bits per heavy atom. The number of hydrogen-bond donors (Lipinski definition) is 2. The van der Waals surface area contributed by atoms with Crippen molar-refractivity contribution < 1.29 is 37.1 Å². The van der Waals surface area contributed by atoms with Gasteiger partial charge in [-0.2, -0.15) is 13.2 Å². The van der Waals surface area contributed by atoms with Gasteiger partial charge in [0.05, 0.1) is 11.1 Å². The standard InChI is InChI=1S/C24H19F3N4O7/c1-12-3-5-16(37-11-19(32)28-10-21(34)35)14(7-12)22-15-8-13(4-6-17(15)38-29-22)31-20(33)9-18(24(25,26)27)30(2)23(31)36/h3-9H,10-11H2,1-2H3,(H,28,32)(H,34,35). The zero-order chi connectivity index (χ0) is 27.8. The molecule has 4 rings (SSSR count). The molecule has 0 atom stereocenters. The second kappa shape index (κ2) is 9.88. The van der Waals surface area contributed by atoms with E-state index in [2.05, 4.69) is 10.5 Å². The molecule has 2 N–H and O–H groups in total. The fraction of sp³-hybridized carbons (Fsp3) is 0.208. The number of rotatable bonds is 7. The van der Waals surface area contributed by atoms with E-state index in [1.807, 2.05) is 0 Å². The molecule has 2 heterocycles. The number of carboxylic acids is 1. The number of halogens is 3. The summed E-state index contributed by atoms with van der Waals surface area (Å²) in [6.45, 7) is 0.704. The monoisotopic (exact) mass is 532 g/mol. The second-order valence-electron chi connectivity index (χ2n) is 8.21. The number of nitrogens with zero attached hydrogens (tertiary/aromatic N) is 3. The molecule has 2 aromatic heterocycles. The zero-order valence-electron chi connectivity index (χ0n) is 19.8.